The fraction of sp³-hybridized carbons (Fsp3) is 0.231. The van der Waals surface area contributed by atoms with Gasteiger partial charge in [0.15, 0.2) is 6.54 Å². The summed E-state index contributed by atoms with van der Waals surface area (Å²) in [6.07, 6.45) is 6.57. The van der Waals surface area contributed by atoms with Crippen molar-refractivity contribution in [1.82, 2.24) is 4.57 Å². The molecule has 1 aromatic heterocycles. The Morgan fingerprint density at radius 2 is 1.90 bits per heavy atom. The van der Waals surface area contributed by atoms with E-state index < -0.39 is 10.0 Å². The van der Waals surface area contributed by atoms with Gasteiger partial charge < -0.3 is 12.4 Å². The van der Waals surface area contributed by atoms with Crippen molar-refractivity contribution in [1.29, 1.82) is 0 Å². The first-order valence-corrected chi connectivity index (χ1v) is 7.85. The lowest BCUT2D eigenvalue weighted by Crippen LogP contribution is -3.00. The second-order valence-corrected chi connectivity index (χ2v) is 6.37. The summed E-state index contributed by atoms with van der Waals surface area (Å²) in [6, 6.07) is 6.37. The van der Waals surface area contributed by atoms with E-state index in [2.05, 4.69) is 4.72 Å². The standard InChI is InChI=1S/C13H15N3O3S.ClH/c1-15-7-8-16(10-15)9-13(17)11-3-5-12(6-4-11)14-20(2,18)19;/h3-8,10H,9H2,1-2H3;1H. The van der Waals surface area contributed by atoms with Crippen LogP contribution in [-0.4, -0.2) is 25.0 Å². The highest BCUT2D eigenvalue weighted by Crippen LogP contribution is 2.11. The Morgan fingerprint density at radius 1 is 1.29 bits per heavy atom. The predicted molar refractivity (Wildman–Crippen MR) is 74.8 cm³/mol. The molecule has 0 amide bonds. The van der Waals surface area contributed by atoms with Gasteiger partial charge in [0.05, 0.1) is 13.3 Å². The SMILES string of the molecule is C[n+]1ccn(CC(=O)c2ccc(NS(C)(=O)=O)cc2)c1.[Cl-]. The normalized spacial score (nSPS) is 10.8. The van der Waals surface area contributed by atoms with Crippen molar-refractivity contribution in [2.24, 2.45) is 7.05 Å². The fourth-order valence-electron chi connectivity index (χ4n) is 1.79. The second kappa shape index (κ2) is 6.73. The van der Waals surface area contributed by atoms with Gasteiger partial charge in [-0.1, -0.05) is 0 Å². The van der Waals surface area contributed by atoms with Crippen LogP contribution >= 0.6 is 0 Å². The zero-order valence-corrected chi connectivity index (χ0v) is 13.2. The van der Waals surface area contributed by atoms with Gasteiger partial charge in [0.25, 0.3) is 0 Å². The van der Waals surface area contributed by atoms with Gasteiger partial charge >= 0.3 is 0 Å². The van der Waals surface area contributed by atoms with E-state index in [9.17, 15) is 13.2 Å². The fourth-order valence-corrected chi connectivity index (χ4v) is 2.35. The van der Waals surface area contributed by atoms with Gasteiger partial charge in [-0.2, -0.15) is 0 Å². The van der Waals surface area contributed by atoms with Crippen LogP contribution in [0, 0.1) is 0 Å². The van der Waals surface area contributed by atoms with E-state index in [0.717, 1.165) is 6.26 Å². The Hall–Kier alpha value is -1.86. The van der Waals surface area contributed by atoms with Crippen LogP contribution in [0.15, 0.2) is 43.0 Å². The summed E-state index contributed by atoms with van der Waals surface area (Å²) in [7, 11) is -1.42. The molecule has 0 radical (unpaired) electrons. The minimum absolute atomic E-state index is 0. The molecular weight excluding hydrogens is 314 g/mol. The molecule has 0 spiro atoms. The second-order valence-electron chi connectivity index (χ2n) is 4.63. The molecule has 0 saturated carbocycles. The molecule has 6 nitrogen and oxygen atoms in total. The summed E-state index contributed by atoms with van der Waals surface area (Å²) in [5.74, 6) is -0.0351. The van der Waals surface area contributed by atoms with Gasteiger partial charge in [-0.3, -0.25) is 9.52 Å². The molecular formula is C13H16ClN3O3S. The van der Waals surface area contributed by atoms with Gasteiger partial charge in [0.1, 0.15) is 12.4 Å². The van der Waals surface area contributed by atoms with E-state index in [1.165, 1.54) is 0 Å². The lowest BCUT2D eigenvalue weighted by Gasteiger charge is -2.04. The summed E-state index contributed by atoms with van der Waals surface area (Å²) in [4.78, 5) is 12.1. The van der Waals surface area contributed by atoms with Gasteiger partial charge in [0.2, 0.25) is 22.1 Å². The Morgan fingerprint density at radius 3 is 2.38 bits per heavy atom. The lowest BCUT2D eigenvalue weighted by atomic mass is 10.1. The molecule has 1 heterocycles. The van der Waals surface area contributed by atoms with E-state index in [1.54, 1.807) is 28.8 Å². The zero-order valence-electron chi connectivity index (χ0n) is 11.7. The Balaban J connectivity index is 0.00000220. The van der Waals surface area contributed by atoms with Crippen LogP contribution in [0.2, 0.25) is 0 Å². The van der Waals surface area contributed by atoms with Crippen molar-refractivity contribution in [2.75, 3.05) is 11.0 Å². The topological polar surface area (TPSA) is 72.0 Å². The van der Waals surface area contributed by atoms with Crippen LogP contribution in [0.1, 0.15) is 10.4 Å². The summed E-state index contributed by atoms with van der Waals surface area (Å²) in [5, 5.41) is 0. The molecule has 8 heteroatoms. The highest BCUT2D eigenvalue weighted by atomic mass is 35.5. The molecule has 0 aliphatic carbocycles. The number of nitrogens with one attached hydrogen (secondary N) is 1. The van der Waals surface area contributed by atoms with E-state index in [0.29, 0.717) is 11.3 Å². The summed E-state index contributed by atoms with van der Waals surface area (Å²) in [5.41, 5.74) is 0.983. The molecule has 0 fully saturated rings. The smallest absolute Gasteiger partial charge is 0.243 e. The summed E-state index contributed by atoms with van der Waals surface area (Å²) < 4.78 is 28.1. The largest absolute Gasteiger partial charge is 1.00 e. The van der Waals surface area contributed by atoms with Crippen molar-refractivity contribution in [3.8, 4) is 0 Å². The van der Waals surface area contributed by atoms with Crippen LogP contribution < -0.4 is 21.7 Å². The molecule has 2 rings (SSSR count). The summed E-state index contributed by atoms with van der Waals surface area (Å²) in [6.45, 7) is 0.250. The molecule has 21 heavy (non-hydrogen) atoms. The average Bonchev–Trinajstić information content (AvgIpc) is 2.73. The molecule has 0 unspecified atom stereocenters. The number of halogens is 1. The number of Topliss-reactive ketones (excluding diaryl/α,β-unsaturated/α-hetero) is 1. The van der Waals surface area contributed by atoms with E-state index in [1.807, 2.05) is 30.3 Å². The number of aryl methyl sites for hydroxylation is 1. The predicted octanol–water partition coefficient (Wildman–Crippen LogP) is -2.43. The maximum absolute atomic E-state index is 12.1. The Labute approximate surface area is 129 Å². The first-order valence-electron chi connectivity index (χ1n) is 5.95. The van der Waals surface area contributed by atoms with Gasteiger partial charge in [-0.15, -0.1) is 0 Å². The number of aromatic nitrogens is 2. The van der Waals surface area contributed by atoms with E-state index in [4.69, 9.17) is 0 Å². The molecule has 1 aromatic carbocycles. The molecule has 0 saturated heterocycles. The number of hydrogen-bond acceptors (Lipinski definition) is 3. The number of carbonyl (C=O) groups is 1. The quantitative estimate of drug-likeness (QED) is 0.490. The Kier molecular flexibility index (Phi) is 5.51. The van der Waals surface area contributed by atoms with Gasteiger partial charge in [0, 0.05) is 11.3 Å². The van der Waals surface area contributed by atoms with Crippen LogP contribution in [0.25, 0.3) is 0 Å². The van der Waals surface area contributed by atoms with Crippen molar-refractivity contribution < 1.29 is 30.2 Å². The van der Waals surface area contributed by atoms with Crippen molar-refractivity contribution in [2.45, 2.75) is 6.54 Å². The third-order valence-corrected chi connectivity index (χ3v) is 3.27. The molecule has 2 aromatic rings. The number of rotatable bonds is 5. The number of anilines is 1. The van der Waals surface area contributed by atoms with Crippen LogP contribution in [0.5, 0.6) is 0 Å². The van der Waals surface area contributed by atoms with Crippen molar-refractivity contribution in [3.05, 3.63) is 48.5 Å². The number of imidazole rings is 1. The maximum atomic E-state index is 12.1. The number of carbonyl (C=O) groups excluding carboxylic acids is 1. The summed E-state index contributed by atoms with van der Waals surface area (Å²) >= 11 is 0. The number of hydrogen-bond donors (Lipinski definition) is 1. The highest BCUT2D eigenvalue weighted by Gasteiger charge is 2.11. The van der Waals surface area contributed by atoms with E-state index in [-0.39, 0.29) is 24.7 Å². The molecule has 1 N–H and O–H groups in total. The van der Waals surface area contributed by atoms with Crippen LogP contribution in [-0.2, 0) is 23.6 Å². The molecule has 0 aliphatic heterocycles. The number of benzene rings is 1. The van der Waals surface area contributed by atoms with Crippen molar-refractivity contribution >= 4 is 21.5 Å². The highest BCUT2D eigenvalue weighted by molar-refractivity contribution is 7.92. The molecule has 114 valence electrons. The van der Waals surface area contributed by atoms with Gasteiger partial charge in [-0.25, -0.2) is 17.6 Å². The van der Waals surface area contributed by atoms with Crippen LogP contribution in [0.4, 0.5) is 5.69 Å². The minimum atomic E-state index is -3.30. The minimum Gasteiger partial charge on any atom is -1.00 e. The molecule has 0 aliphatic rings. The lowest BCUT2D eigenvalue weighted by molar-refractivity contribution is -0.671. The Bertz CT molecular complexity index is 723. The number of ketones is 1. The molecule has 0 bridgehead atoms. The number of sulfonamides is 1. The third-order valence-electron chi connectivity index (χ3n) is 2.66. The van der Waals surface area contributed by atoms with E-state index >= 15 is 0 Å². The third kappa shape index (κ3) is 5.20. The van der Waals surface area contributed by atoms with Crippen LogP contribution in [0.3, 0.4) is 0 Å². The van der Waals surface area contributed by atoms with Gasteiger partial charge in [-0.05, 0) is 24.3 Å². The zero-order chi connectivity index (χ0) is 14.8. The molecule has 0 atom stereocenters. The first kappa shape index (κ1) is 17.2. The van der Waals surface area contributed by atoms with Crippen molar-refractivity contribution in [3.63, 3.8) is 0 Å². The first-order chi connectivity index (χ1) is 9.33. The number of nitrogens with zero attached hydrogens (tertiary/aromatic N) is 2. The maximum Gasteiger partial charge on any atom is 0.243 e. The average molecular weight is 330 g/mol. The monoisotopic (exact) mass is 329 g/mol.